The second-order valence-electron chi connectivity index (χ2n) is 6.19. The van der Waals surface area contributed by atoms with Gasteiger partial charge in [0.2, 0.25) is 0 Å². The quantitative estimate of drug-likeness (QED) is 0.804. The molecule has 1 aromatic heterocycles. The summed E-state index contributed by atoms with van der Waals surface area (Å²) in [5, 5.41) is 7.06. The van der Waals surface area contributed by atoms with Gasteiger partial charge in [-0.15, -0.1) is 0 Å². The highest BCUT2D eigenvalue weighted by atomic mass is 16.5. The molecule has 7 nitrogen and oxygen atoms in total. The highest BCUT2D eigenvalue weighted by Gasteiger charge is 2.11. The average Bonchev–Trinajstić information content (AvgIpc) is 2.64. The van der Waals surface area contributed by atoms with Crippen molar-refractivity contribution in [3.63, 3.8) is 0 Å². The highest BCUT2D eigenvalue weighted by Crippen LogP contribution is 2.19. The second kappa shape index (κ2) is 8.13. The monoisotopic (exact) mass is 344 g/mol. The number of hydrogen-bond donors (Lipinski definition) is 2. The van der Waals surface area contributed by atoms with Crippen LogP contribution in [0.2, 0.25) is 0 Å². The molecule has 0 atom stereocenters. The van der Waals surface area contributed by atoms with E-state index in [-0.39, 0.29) is 11.6 Å². The number of benzene rings is 1. The third-order valence-corrected chi connectivity index (χ3v) is 4.38. The Kier molecular flexibility index (Phi) is 5.67. The van der Waals surface area contributed by atoms with E-state index in [0.717, 1.165) is 44.7 Å². The van der Waals surface area contributed by atoms with E-state index in [1.54, 1.807) is 19.3 Å². The summed E-state index contributed by atoms with van der Waals surface area (Å²) in [7, 11) is 1.68. The zero-order chi connectivity index (χ0) is 17.6. The molecule has 0 unspecified atom stereocenters. The van der Waals surface area contributed by atoms with Crippen LogP contribution in [0.25, 0.3) is 10.8 Å². The Bertz CT molecular complexity index is 796. The number of aromatic nitrogens is 1. The molecule has 1 fully saturated rings. The van der Waals surface area contributed by atoms with Gasteiger partial charge in [0.1, 0.15) is 0 Å². The molecule has 1 aromatic carbocycles. The number of anilines is 1. The van der Waals surface area contributed by atoms with Crippen LogP contribution in [0.3, 0.4) is 0 Å². The topological polar surface area (TPSA) is 75.6 Å². The Labute approximate surface area is 146 Å². The van der Waals surface area contributed by atoms with E-state index in [4.69, 9.17) is 4.74 Å². The molecule has 0 saturated carbocycles. The lowest BCUT2D eigenvalue weighted by molar-refractivity contribution is 0.0375. The Hall–Kier alpha value is -2.38. The number of carbonyl (C=O) groups is 1. The summed E-state index contributed by atoms with van der Waals surface area (Å²) in [5.74, 6) is 0. The number of nitrogens with one attached hydrogen (secondary N) is 2. The van der Waals surface area contributed by atoms with Gasteiger partial charge in [-0.2, -0.15) is 0 Å². The summed E-state index contributed by atoms with van der Waals surface area (Å²) in [6, 6.07) is 7.02. The predicted octanol–water partition coefficient (Wildman–Crippen LogP) is 1.38. The van der Waals surface area contributed by atoms with Crippen LogP contribution < -0.4 is 16.2 Å². The lowest BCUT2D eigenvalue weighted by atomic mass is 10.1. The van der Waals surface area contributed by atoms with E-state index in [2.05, 4.69) is 15.5 Å². The van der Waals surface area contributed by atoms with E-state index in [9.17, 15) is 9.59 Å². The van der Waals surface area contributed by atoms with Gasteiger partial charge >= 0.3 is 6.03 Å². The van der Waals surface area contributed by atoms with Crippen LogP contribution in [0.5, 0.6) is 0 Å². The van der Waals surface area contributed by atoms with Crippen LogP contribution in [-0.4, -0.2) is 54.9 Å². The zero-order valence-electron chi connectivity index (χ0n) is 14.5. The number of hydrogen-bond acceptors (Lipinski definition) is 4. The molecule has 1 aliphatic heterocycles. The second-order valence-corrected chi connectivity index (χ2v) is 6.19. The van der Waals surface area contributed by atoms with Crippen LogP contribution in [0.4, 0.5) is 10.5 Å². The fraction of sp³-hybridized carbons (Fsp3) is 0.444. The molecule has 2 amide bonds. The van der Waals surface area contributed by atoms with Gasteiger partial charge in [0.15, 0.2) is 0 Å². The summed E-state index contributed by atoms with van der Waals surface area (Å²) in [6.07, 6.45) is 2.54. The summed E-state index contributed by atoms with van der Waals surface area (Å²) < 4.78 is 6.80. The van der Waals surface area contributed by atoms with E-state index in [1.165, 1.54) is 4.57 Å². The molecular weight excluding hydrogens is 320 g/mol. The van der Waals surface area contributed by atoms with Gasteiger partial charge in [-0.1, -0.05) is 18.2 Å². The first-order valence-corrected chi connectivity index (χ1v) is 8.58. The van der Waals surface area contributed by atoms with Crippen molar-refractivity contribution in [3.8, 4) is 0 Å². The minimum absolute atomic E-state index is 0.0768. The van der Waals surface area contributed by atoms with Crippen molar-refractivity contribution >= 4 is 22.5 Å². The van der Waals surface area contributed by atoms with Gasteiger partial charge in [0.25, 0.3) is 5.56 Å². The largest absolute Gasteiger partial charge is 0.379 e. The number of ether oxygens (including phenoxy) is 1. The van der Waals surface area contributed by atoms with Crippen LogP contribution in [0, 0.1) is 0 Å². The van der Waals surface area contributed by atoms with Crippen molar-refractivity contribution in [3.05, 3.63) is 40.8 Å². The SMILES string of the molecule is Cn1cc(NC(=O)NCCCN2CCOCC2)c2ccccc2c1=O. The number of pyridine rings is 1. The number of aryl methyl sites for hydroxylation is 1. The lowest BCUT2D eigenvalue weighted by Crippen LogP contribution is -2.38. The summed E-state index contributed by atoms with van der Waals surface area (Å²) in [6.45, 7) is 5.03. The van der Waals surface area contributed by atoms with Crippen LogP contribution in [0.1, 0.15) is 6.42 Å². The summed E-state index contributed by atoms with van der Waals surface area (Å²) in [5.41, 5.74) is 0.551. The molecular formula is C18H24N4O3. The van der Waals surface area contributed by atoms with E-state index in [0.29, 0.717) is 17.6 Å². The van der Waals surface area contributed by atoms with Gasteiger partial charge in [0.05, 0.1) is 18.9 Å². The van der Waals surface area contributed by atoms with Crippen LogP contribution in [0.15, 0.2) is 35.3 Å². The predicted molar refractivity (Wildman–Crippen MR) is 98.1 cm³/mol. The van der Waals surface area contributed by atoms with Gasteiger partial charge in [-0.25, -0.2) is 4.79 Å². The number of carbonyl (C=O) groups excluding carboxylic acids is 1. The maximum absolute atomic E-state index is 12.2. The molecule has 1 aliphatic rings. The van der Waals surface area contributed by atoms with Gasteiger partial charge in [-0.05, 0) is 19.0 Å². The number of amides is 2. The number of fused-ring (bicyclic) bond motifs is 1. The Morgan fingerprint density at radius 3 is 2.68 bits per heavy atom. The Morgan fingerprint density at radius 1 is 1.20 bits per heavy atom. The van der Waals surface area contributed by atoms with Crippen molar-refractivity contribution < 1.29 is 9.53 Å². The minimum Gasteiger partial charge on any atom is -0.379 e. The molecule has 0 aliphatic carbocycles. The summed E-state index contributed by atoms with van der Waals surface area (Å²) >= 11 is 0. The molecule has 0 radical (unpaired) electrons. The minimum atomic E-state index is -0.259. The zero-order valence-corrected chi connectivity index (χ0v) is 14.5. The molecule has 0 spiro atoms. The number of rotatable bonds is 5. The highest BCUT2D eigenvalue weighted by molar-refractivity contribution is 6.00. The van der Waals surface area contributed by atoms with Crippen molar-refractivity contribution in [1.29, 1.82) is 0 Å². The van der Waals surface area contributed by atoms with Crippen LogP contribution in [-0.2, 0) is 11.8 Å². The molecule has 1 saturated heterocycles. The van der Waals surface area contributed by atoms with E-state index >= 15 is 0 Å². The molecule has 134 valence electrons. The summed E-state index contributed by atoms with van der Waals surface area (Å²) in [4.78, 5) is 26.6. The molecule has 2 aromatic rings. The van der Waals surface area contributed by atoms with Crippen molar-refractivity contribution in [2.45, 2.75) is 6.42 Å². The van der Waals surface area contributed by atoms with Crippen molar-refractivity contribution in [2.75, 3.05) is 44.7 Å². The Morgan fingerprint density at radius 2 is 1.92 bits per heavy atom. The third-order valence-electron chi connectivity index (χ3n) is 4.38. The van der Waals surface area contributed by atoms with E-state index < -0.39 is 0 Å². The molecule has 7 heteroatoms. The van der Waals surface area contributed by atoms with Gasteiger partial charge < -0.3 is 19.9 Å². The maximum Gasteiger partial charge on any atom is 0.319 e. The molecule has 3 rings (SSSR count). The van der Waals surface area contributed by atoms with Gasteiger partial charge in [-0.3, -0.25) is 9.69 Å². The van der Waals surface area contributed by atoms with E-state index in [1.807, 2.05) is 18.2 Å². The Balaban J connectivity index is 1.55. The maximum atomic E-state index is 12.2. The normalized spacial score (nSPS) is 15.2. The molecule has 0 bridgehead atoms. The standard InChI is InChI=1S/C18H24N4O3/c1-21-13-16(14-5-2-3-6-15(14)17(21)23)20-18(24)19-7-4-8-22-9-11-25-12-10-22/h2-3,5-6,13H,4,7-12H2,1H3,(H2,19,20,24). The van der Waals surface area contributed by atoms with Gasteiger partial charge in [0, 0.05) is 43.7 Å². The molecule has 2 N–H and O–H groups in total. The smallest absolute Gasteiger partial charge is 0.319 e. The average molecular weight is 344 g/mol. The van der Waals surface area contributed by atoms with Crippen LogP contribution >= 0.6 is 0 Å². The first kappa shape index (κ1) is 17.4. The number of morpholine rings is 1. The number of urea groups is 1. The third kappa shape index (κ3) is 4.37. The first-order valence-electron chi connectivity index (χ1n) is 8.58. The van der Waals surface area contributed by atoms with Crippen molar-refractivity contribution in [2.24, 2.45) is 7.05 Å². The molecule has 25 heavy (non-hydrogen) atoms. The lowest BCUT2D eigenvalue weighted by Gasteiger charge is -2.26. The number of nitrogens with zero attached hydrogens (tertiary/aromatic N) is 2. The molecule has 2 heterocycles. The van der Waals surface area contributed by atoms with Crippen molar-refractivity contribution in [1.82, 2.24) is 14.8 Å². The fourth-order valence-corrected chi connectivity index (χ4v) is 3.01. The first-order chi connectivity index (χ1) is 12.1. The fourth-order valence-electron chi connectivity index (χ4n) is 3.01.